The number of carbonyl (C=O) groups is 1. The molecule has 78 valence electrons. The summed E-state index contributed by atoms with van der Waals surface area (Å²) in [6, 6.07) is 4.34. The highest BCUT2D eigenvalue weighted by molar-refractivity contribution is 6.04. The van der Waals surface area contributed by atoms with Crippen LogP contribution in [0.3, 0.4) is 0 Å². The van der Waals surface area contributed by atoms with Crippen LogP contribution in [0.25, 0.3) is 0 Å². The third-order valence-electron chi connectivity index (χ3n) is 2.49. The second-order valence-corrected chi connectivity index (χ2v) is 3.63. The van der Waals surface area contributed by atoms with Crippen molar-refractivity contribution in [3.8, 4) is 0 Å². The van der Waals surface area contributed by atoms with Gasteiger partial charge in [-0.1, -0.05) is 6.07 Å². The Labute approximate surface area is 86.0 Å². The van der Waals surface area contributed by atoms with Crippen molar-refractivity contribution < 1.29 is 9.72 Å². The number of nitro benzene ring substituents is 1. The summed E-state index contributed by atoms with van der Waals surface area (Å²) in [7, 11) is 0. The fraction of sp³-hybridized carbons (Fsp3) is 0.300. The van der Waals surface area contributed by atoms with Crippen LogP contribution in [0.1, 0.15) is 23.2 Å². The maximum Gasteiger partial charge on any atom is 0.292 e. The molecule has 5 nitrogen and oxygen atoms in total. The SMILES string of the molecule is Nc1c(C(=O)C2CC2)cccc1[N+](=O)[O-]. The van der Waals surface area contributed by atoms with Gasteiger partial charge in [-0.3, -0.25) is 14.9 Å². The predicted molar refractivity (Wildman–Crippen MR) is 54.6 cm³/mol. The van der Waals surface area contributed by atoms with Crippen LogP contribution in [0.5, 0.6) is 0 Å². The zero-order valence-electron chi connectivity index (χ0n) is 7.97. The molecule has 15 heavy (non-hydrogen) atoms. The monoisotopic (exact) mass is 206 g/mol. The molecule has 2 rings (SSSR count). The molecule has 1 aliphatic carbocycles. The second-order valence-electron chi connectivity index (χ2n) is 3.63. The van der Waals surface area contributed by atoms with Crippen molar-refractivity contribution in [1.82, 2.24) is 0 Å². The molecular weight excluding hydrogens is 196 g/mol. The Morgan fingerprint density at radius 1 is 1.47 bits per heavy atom. The van der Waals surface area contributed by atoms with E-state index in [1.54, 1.807) is 6.07 Å². The molecule has 0 radical (unpaired) electrons. The number of benzene rings is 1. The first kappa shape index (κ1) is 9.64. The lowest BCUT2D eigenvalue weighted by atomic mass is 10.0. The minimum absolute atomic E-state index is 0.0144. The lowest BCUT2D eigenvalue weighted by Crippen LogP contribution is -2.07. The van der Waals surface area contributed by atoms with Crippen LogP contribution < -0.4 is 5.73 Å². The summed E-state index contributed by atoms with van der Waals surface area (Å²) >= 11 is 0. The van der Waals surface area contributed by atoms with Crippen molar-refractivity contribution >= 4 is 17.2 Å². The van der Waals surface area contributed by atoms with Gasteiger partial charge < -0.3 is 5.73 Å². The van der Waals surface area contributed by atoms with E-state index in [9.17, 15) is 14.9 Å². The highest BCUT2D eigenvalue weighted by atomic mass is 16.6. The third kappa shape index (κ3) is 1.68. The Balaban J connectivity index is 2.43. The van der Waals surface area contributed by atoms with Crippen LogP contribution >= 0.6 is 0 Å². The fourth-order valence-electron chi connectivity index (χ4n) is 1.49. The van der Waals surface area contributed by atoms with Gasteiger partial charge >= 0.3 is 0 Å². The molecule has 1 fully saturated rings. The Kier molecular flexibility index (Phi) is 2.15. The second kappa shape index (κ2) is 3.34. The van der Waals surface area contributed by atoms with E-state index in [0.29, 0.717) is 0 Å². The molecule has 2 N–H and O–H groups in total. The van der Waals surface area contributed by atoms with Gasteiger partial charge in [0.1, 0.15) is 5.69 Å². The smallest absolute Gasteiger partial charge is 0.292 e. The summed E-state index contributed by atoms with van der Waals surface area (Å²) in [5.74, 6) is -0.0505. The van der Waals surface area contributed by atoms with E-state index in [1.165, 1.54) is 12.1 Å². The van der Waals surface area contributed by atoms with Crippen molar-refractivity contribution in [3.63, 3.8) is 0 Å². The number of Topliss-reactive ketones (excluding diaryl/α,β-unsaturated/α-hetero) is 1. The van der Waals surface area contributed by atoms with Gasteiger partial charge in [0.25, 0.3) is 5.69 Å². The van der Waals surface area contributed by atoms with Gasteiger partial charge in [0.05, 0.1) is 4.92 Å². The Morgan fingerprint density at radius 2 is 2.13 bits per heavy atom. The van der Waals surface area contributed by atoms with Crippen LogP contribution in [0.4, 0.5) is 11.4 Å². The molecule has 1 aromatic carbocycles. The number of nitrogen functional groups attached to an aromatic ring is 1. The Bertz CT molecular complexity index is 438. The van der Waals surface area contributed by atoms with E-state index >= 15 is 0 Å². The summed E-state index contributed by atoms with van der Waals surface area (Å²) in [6.45, 7) is 0. The number of para-hydroxylation sites is 1. The van der Waals surface area contributed by atoms with E-state index < -0.39 is 4.92 Å². The molecule has 0 unspecified atom stereocenters. The molecule has 1 saturated carbocycles. The van der Waals surface area contributed by atoms with Crippen LogP contribution in [0.15, 0.2) is 18.2 Å². The maximum atomic E-state index is 11.7. The van der Waals surface area contributed by atoms with Crippen molar-refractivity contribution in [3.05, 3.63) is 33.9 Å². The molecule has 0 heterocycles. The summed E-state index contributed by atoms with van der Waals surface area (Å²) < 4.78 is 0. The first-order chi connectivity index (χ1) is 7.11. The topological polar surface area (TPSA) is 86.2 Å². The van der Waals surface area contributed by atoms with Gasteiger partial charge in [-0.2, -0.15) is 0 Å². The molecule has 1 aromatic rings. The molecule has 0 saturated heterocycles. The standard InChI is InChI=1S/C10H10N2O3/c11-9-7(10(13)6-4-5-6)2-1-3-8(9)12(14)15/h1-3,6H,4-5,11H2. The quantitative estimate of drug-likeness (QED) is 0.353. The van der Waals surface area contributed by atoms with Gasteiger partial charge in [0.15, 0.2) is 5.78 Å². The predicted octanol–water partition coefficient (Wildman–Crippen LogP) is 1.77. The van der Waals surface area contributed by atoms with Crippen LogP contribution in [-0.4, -0.2) is 10.7 Å². The fourth-order valence-corrected chi connectivity index (χ4v) is 1.49. The number of anilines is 1. The van der Waals surface area contributed by atoms with Gasteiger partial charge in [0, 0.05) is 17.5 Å². The number of hydrogen-bond donors (Lipinski definition) is 1. The average molecular weight is 206 g/mol. The normalized spacial score (nSPS) is 14.9. The van der Waals surface area contributed by atoms with Crippen LogP contribution in [0.2, 0.25) is 0 Å². The van der Waals surface area contributed by atoms with Crippen molar-refractivity contribution in [2.24, 2.45) is 5.92 Å². The zero-order chi connectivity index (χ0) is 11.0. The van der Waals surface area contributed by atoms with E-state index in [2.05, 4.69) is 0 Å². The number of carbonyl (C=O) groups excluding carboxylic acids is 1. The van der Waals surface area contributed by atoms with Crippen molar-refractivity contribution in [2.75, 3.05) is 5.73 Å². The molecule has 0 aliphatic heterocycles. The van der Waals surface area contributed by atoms with Crippen LogP contribution in [0, 0.1) is 16.0 Å². The summed E-state index contributed by atoms with van der Waals surface area (Å²) in [5.41, 5.74) is 5.66. The van der Waals surface area contributed by atoms with Gasteiger partial charge in [-0.15, -0.1) is 0 Å². The first-order valence-electron chi connectivity index (χ1n) is 4.68. The molecule has 0 bridgehead atoms. The molecule has 0 atom stereocenters. The lowest BCUT2D eigenvalue weighted by molar-refractivity contribution is -0.383. The summed E-state index contributed by atoms with van der Waals surface area (Å²) in [6.07, 6.45) is 1.72. The van der Waals surface area contributed by atoms with Gasteiger partial charge in [-0.25, -0.2) is 0 Å². The molecule has 0 spiro atoms. The Morgan fingerprint density at radius 3 is 2.67 bits per heavy atom. The number of nitrogens with two attached hydrogens (primary N) is 1. The lowest BCUT2D eigenvalue weighted by Gasteiger charge is -2.03. The highest BCUT2D eigenvalue weighted by Crippen LogP contribution is 2.36. The van der Waals surface area contributed by atoms with Crippen LogP contribution in [-0.2, 0) is 0 Å². The number of ketones is 1. The minimum Gasteiger partial charge on any atom is -0.393 e. The van der Waals surface area contributed by atoms with Gasteiger partial charge in [0.2, 0.25) is 0 Å². The van der Waals surface area contributed by atoms with E-state index in [4.69, 9.17) is 5.73 Å². The molecule has 0 amide bonds. The van der Waals surface area contributed by atoms with Gasteiger partial charge in [-0.05, 0) is 18.9 Å². The summed E-state index contributed by atoms with van der Waals surface area (Å²) in [5, 5.41) is 10.6. The molecule has 0 aromatic heterocycles. The largest absolute Gasteiger partial charge is 0.393 e. The maximum absolute atomic E-state index is 11.7. The van der Waals surface area contributed by atoms with E-state index in [1.807, 2.05) is 0 Å². The number of nitro groups is 1. The average Bonchev–Trinajstić information content (AvgIpc) is 3.00. The molecule has 1 aliphatic rings. The van der Waals surface area contributed by atoms with E-state index in [0.717, 1.165) is 12.8 Å². The highest BCUT2D eigenvalue weighted by Gasteiger charge is 2.32. The number of nitrogens with zero attached hydrogens (tertiary/aromatic N) is 1. The molecular formula is C10H10N2O3. The van der Waals surface area contributed by atoms with Crippen molar-refractivity contribution in [1.29, 1.82) is 0 Å². The minimum atomic E-state index is -0.570. The number of rotatable bonds is 3. The summed E-state index contributed by atoms with van der Waals surface area (Å²) in [4.78, 5) is 21.7. The molecule has 5 heteroatoms. The first-order valence-corrected chi connectivity index (χ1v) is 4.68. The van der Waals surface area contributed by atoms with Crippen molar-refractivity contribution in [2.45, 2.75) is 12.8 Å². The third-order valence-corrected chi connectivity index (χ3v) is 2.49. The van der Waals surface area contributed by atoms with E-state index in [-0.39, 0.29) is 28.6 Å². The number of hydrogen-bond acceptors (Lipinski definition) is 4. The Hall–Kier alpha value is -1.91. The zero-order valence-corrected chi connectivity index (χ0v) is 7.97.